The van der Waals surface area contributed by atoms with Crippen LogP contribution >= 0.6 is 0 Å². The molecule has 1 aromatic carbocycles. The molecule has 3 rings (SSSR count). The molecule has 21 heavy (non-hydrogen) atoms. The van der Waals surface area contributed by atoms with E-state index < -0.39 is 0 Å². The van der Waals surface area contributed by atoms with Gasteiger partial charge in [-0.15, -0.1) is 6.58 Å². The van der Waals surface area contributed by atoms with Crippen LogP contribution < -0.4 is 0 Å². The summed E-state index contributed by atoms with van der Waals surface area (Å²) in [6, 6.07) is 8.36. The second-order valence-corrected chi connectivity index (χ2v) is 5.74. The molecule has 0 saturated carbocycles. The normalized spacial score (nSPS) is 16.7. The molecule has 0 unspecified atom stereocenters. The Labute approximate surface area is 126 Å². The Morgan fingerprint density at radius 1 is 1.29 bits per heavy atom. The number of hydrogen-bond acceptors (Lipinski definition) is 2. The third kappa shape index (κ3) is 3.08. The van der Waals surface area contributed by atoms with Crippen LogP contribution in [-0.2, 0) is 13.5 Å². The number of rotatable bonds is 4. The highest BCUT2D eigenvalue weighted by molar-refractivity contribution is 5.75. The van der Waals surface area contributed by atoms with Crippen molar-refractivity contribution >= 4 is 11.0 Å². The van der Waals surface area contributed by atoms with E-state index in [1.165, 1.54) is 16.9 Å². The Hall–Kier alpha value is -1.87. The van der Waals surface area contributed by atoms with Gasteiger partial charge in [-0.05, 0) is 25.0 Å². The summed E-state index contributed by atoms with van der Waals surface area (Å²) in [5.74, 6) is 1.17. The fourth-order valence-corrected chi connectivity index (χ4v) is 3.05. The number of hydrogen-bond donors (Lipinski definition) is 0. The van der Waals surface area contributed by atoms with Crippen molar-refractivity contribution in [2.75, 3.05) is 19.6 Å². The molecule has 0 radical (unpaired) electrons. The molecule has 0 spiro atoms. The minimum absolute atomic E-state index is 0.965. The van der Waals surface area contributed by atoms with E-state index in [1.807, 2.05) is 6.08 Å². The van der Waals surface area contributed by atoms with E-state index in [0.29, 0.717) is 0 Å². The van der Waals surface area contributed by atoms with Gasteiger partial charge in [0.25, 0.3) is 0 Å². The van der Waals surface area contributed by atoms with E-state index in [1.54, 1.807) is 0 Å². The molecule has 3 heteroatoms. The molecule has 0 atom stereocenters. The number of benzene rings is 1. The van der Waals surface area contributed by atoms with Crippen molar-refractivity contribution in [1.29, 1.82) is 0 Å². The quantitative estimate of drug-likeness (QED) is 0.802. The predicted molar refractivity (Wildman–Crippen MR) is 88.4 cm³/mol. The zero-order valence-electron chi connectivity index (χ0n) is 12.8. The van der Waals surface area contributed by atoms with Gasteiger partial charge in [0.1, 0.15) is 5.82 Å². The van der Waals surface area contributed by atoms with E-state index in [-0.39, 0.29) is 0 Å². The van der Waals surface area contributed by atoms with Gasteiger partial charge in [0.05, 0.1) is 11.0 Å². The first-order chi connectivity index (χ1) is 10.3. The Morgan fingerprint density at radius 3 is 2.95 bits per heavy atom. The van der Waals surface area contributed by atoms with Crippen molar-refractivity contribution in [1.82, 2.24) is 14.5 Å². The number of fused-ring (bicyclic) bond motifs is 1. The largest absolute Gasteiger partial charge is 0.331 e. The second-order valence-electron chi connectivity index (χ2n) is 5.74. The van der Waals surface area contributed by atoms with Gasteiger partial charge in [-0.1, -0.05) is 29.9 Å². The number of imidazole rings is 1. The average Bonchev–Trinajstić information content (AvgIpc) is 2.67. The highest BCUT2D eigenvalue weighted by Crippen LogP contribution is 2.19. The molecule has 110 valence electrons. The lowest BCUT2D eigenvalue weighted by Crippen LogP contribution is -2.24. The van der Waals surface area contributed by atoms with Crippen LogP contribution in [0.2, 0.25) is 0 Å². The Bertz CT molecular complexity index is 666. The number of para-hydroxylation sites is 2. The molecule has 0 amide bonds. The first-order valence-corrected chi connectivity index (χ1v) is 7.69. The summed E-state index contributed by atoms with van der Waals surface area (Å²) < 4.78 is 2.22. The van der Waals surface area contributed by atoms with Crippen LogP contribution in [0.15, 0.2) is 48.6 Å². The van der Waals surface area contributed by atoms with E-state index >= 15 is 0 Å². The van der Waals surface area contributed by atoms with Crippen LogP contribution in [0.5, 0.6) is 0 Å². The molecular weight excluding hydrogens is 258 g/mol. The minimum atomic E-state index is 0.965. The molecule has 0 saturated heterocycles. The van der Waals surface area contributed by atoms with Crippen molar-refractivity contribution in [2.45, 2.75) is 19.3 Å². The van der Waals surface area contributed by atoms with Gasteiger partial charge >= 0.3 is 0 Å². The van der Waals surface area contributed by atoms with Crippen molar-refractivity contribution in [2.24, 2.45) is 7.05 Å². The van der Waals surface area contributed by atoms with Crippen molar-refractivity contribution in [3.63, 3.8) is 0 Å². The van der Waals surface area contributed by atoms with Gasteiger partial charge in [0.15, 0.2) is 0 Å². The summed E-state index contributed by atoms with van der Waals surface area (Å²) >= 11 is 0. The van der Waals surface area contributed by atoms with E-state index in [4.69, 9.17) is 4.98 Å². The number of aromatic nitrogens is 2. The topological polar surface area (TPSA) is 21.1 Å². The zero-order valence-corrected chi connectivity index (χ0v) is 12.8. The molecule has 0 bridgehead atoms. The molecule has 0 N–H and O–H groups in total. The standard InChI is InChI=1S/C18H23N3/c1-3-11-21-12-6-7-15(10-13-21)14-18-19-16-8-4-5-9-17(16)20(18)2/h3-5,7-9H,1,6,10-14H2,2H3. The molecule has 2 aromatic rings. The summed E-state index contributed by atoms with van der Waals surface area (Å²) in [5.41, 5.74) is 3.83. The van der Waals surface area contributed by atoms with Crippen molar-refractivity contribution in [3.05, 3.63) is 54.4 Å². The third-order valence-electron chi connectivity index (χ3n) is 4.28. The first kappa shape index (κ1) is 14.1. The lowest BCUT2D eigenvalue weighted by atomic mass is 10.1. The average molecular weight is 281 g/mol. The number of aryl methyl sites for hydroxylation is 1. The smallest absolute Gasteiger partial charge is 0.113 e. The first-order valence-electron chi connectivity index (χ1n) is 7.69. The van der Waals surface area contributed by atoms with Crippen LogP contribution in [0.3, 0.4) is 0 Å². The Kier molecular flexibility index (Phi) is 4.20. The van der Waals surface area contributed by atoms with Gasteiger partial charge in [-0.2, -0.15) is 0 Å². The molecule has 1 aliphatic heterocycles. The Balaban J connectivity index is 1.75. The number of nitrogens with zero attached hydrogens (tertiary/aromatic N) is 3. The predicted octanol–water partition coefficient (Wildman–Crippen LogP) is 3.32. The SMILES string of the molecule is C=CCN1CCC=C(Cc2nc3ccccc3n2C)CC1. The van der Waals surface area contributed by atoms with Gasteiger partial charge in [-0.25, -0.2) is 4.98 Å². The molecule has 1 aliphatic rings. The van der Waals surface area contributed by atoms with E-state index in [0.717, 1.165) is 44.4 Å². The Morgan fingerprint density at radius 2 is 2.14 bits per heavy atom. The van der Waals surface area contributed by atoms with E-state index in [9.17, 15) is 0 Å². The van der Waals surface area contributed by atoms with Crippen LogP contribution in [0.4, 0.5) is 0 Å². The molecule has 0 fully saturated rings. The fraction of sp³-hybridized carbons (Fsp3) is 0.389. The van der Waals surface area contributed by atoms with Crippen LogP contribution in [0.25, 0.3) is 11.0 Å². The van der Waals surface area contributed by atoms with Gasteiger partial charge in [0, 0.05) is 33.1 Å². The van der Waals surface area contributed by atoms with Crippen LogP contribution in [-0.4, -0.2) is 34.1 Å². The van der Waals surface area contributed by atoms with Crippen LogP contribution in [0, 0.1) is 0 Å². The molecule has 1 aromatic heterocycles. The summed E-state index contributed by atoms with van der Waals surface area (Å²) in [7, 11) is 2.12. The van der Waals surface area contributed by atoms with Gasteiger partial charge in [0.2, 0.25) is 0 Å². The van der Waals surface area contributed by atoms with Crippen molar-refractivity contribution < 1.29 is 0 Å². The molecule has 3 nitrogen and oxygen atoms in total. The van der Waals surface area contributed by atoms with E-state index in [2.05, 4.69) is 53.4 Å². The second kappa shape index (κ2) is 6.27. The zero-order chi connectivity index (χ0) is 14.7. The van der Waals surface area contributed by atoms with Gasteiger partial charge in [-0.3, -0.25) is 4.90 Å². The highest BCUT2D eigenvalue weighted by atomic mass is 15.1. The molecular formula is C18H23N3. The highest BCUT2D eigenvalue weighted by Gasteiger charge is 2.13. The lowest BCUT2D eigenvalue weighted by Gasteiger charge is -2.17. The summed E-state index contributed by atoms with van der Waals surface area (Å²) in [5, 5.41) is 0. The fourth-order valence-electron chi connectivity index (χ4n) is 3.05. The van der Waals surface area contributed by atoms with Crippen molar-refractivity contribution in [3.8, 4) is 0 Å². The summed E-state index contributed by atoms with van der Waals surface area (Å²) in [6.07, 6.45) is 7.64. The van der Waals surface area contributed by atoms with Crippen LogP contribution in [0.1, 0.15) is 18.7 Å². The summed E-state index contributed by atoms with van der Waals surface area (Å²) in [6.45, 7) is 7.09. The molecule has 2 heterocycles. The van der Waals surface area contributed by atoms with Gasteiger partial charge < -0.3 is 4.57 Å². The maximum absolute atomic E-state index is 4.78. The maximum Gasteiger partial charge on any atom is 0.113 e. The molecule has 0 aliphatic carbocycles. The minimum Gasteiger partial charge on any atom is -0.331 e. The third-order valence-corrected chi connectivity index (χ3v) is 4.28. The lowest BCUT2D eigenvalue weighted by molar-refractivity contribution is 0.318. The maximum atomic E-state index is 4.78. The monoisotopic (exact) mass is 281 g/mol. The summed E-state index contributed by atoms with van der Waals surface area (Å²) in [4.78, 5) is 7.25.